The first-order chi connectivity index (χ1) is 13.3. The molecular weight excluding hydrogens is 366 g/mol. The molecule has 1 aromatic heterocycles. The van der Waals surface area contributed by atoms with E-state index >= 15 is 0 Å². The molecule has 0 unspecified atom stereocenters. The van der Waals surface area contributed by atoms with Gasteiger partial charge in [0.2, 0.25) is 0 Å². The Morgan fingerprint density at radius 1 is 1.07 bits per heavy atom. The molecule has 9 heteroatoms. The quantitative estimate of drug-likeness (QED) is 0.510. The molecule has 0 aliphatic carbocycles. The molecule has 0 radical (unpaired) electrons. The summed E-state index contributed by atoms with van der Waals surface area (Å²) in [7, 11) is 0. The lowest BCUT2D eigenvalue weighted by Crippen LogP contribution is -2.02. The molecular formula is C19H17N3O6. The summed E-state index contributed by atoms with van der Waals surface area (Å²) in [6, 6.07) is 10.5. The van der Waals surface area contributed by atoms with Crippen LogP contribution in [-0.4, -0.2) is 36.6 Å². The third kappa shape index (κ3) is 5.77. The van der Waals surface area contributed by atoms with Crippen LogP contribution in [0.4, 0.5) is 5.69 Å². The van der Waals surface area contributed by atoms with Crippen LogP contribution in [0.5, 0.6) is 0 Å². The molecule has 0 aliphatic heterocycles. The lowest BCUT2D eigenvalue weighted by Gasteiger charge is -2.01. The van der Waals surface area contributed by atoms with Crippen molar-refractivity contribution < 1.29 is 24.7 Å². The van der Waals surface area contributed by atoms with Crippen molar-refractivity contribution in [1.29, 1.82) is 0 Å². The van der Waals surface area contributed by atoms with Crippen molar-refractivity contribution in [2.75, 3.05) is 0 Å². The largest absolute Gasteiger partial charge is 0.478 e. The van der Waals surface area contributed by atoms with Crippen LogP contribution in [-0.2, 0) is 6.54 Å². The zero-order valence-electron chi connectivity index (χ0n) is 14.8. The van der Waals surface area contributed by atoms with Gasteiger partial charge in [0, 0.05) is 31.1 Å². The summed E-state index contributed by atoms with van der Waals surface area (Å²) in [6.45, 7) is 2.33. The zero-order chi connectivity index (χ0) is 20.7. The van der Waals surface area contributed by atoms with Gasteiger partial charge in [-0.25, -0.2) is 14.6 Å². The molecule has 3 rings (SSSR count). The van der Waals surface area contributed by atoms with Crippen molar-refractivity contribution >= 4 is 17.6 Å². The predicted molar refractivity (Wildman–Crippen MR) is 99.5 cm³/mol. The minimum absolute atomic E-state index is 0.00241. The molecule has 0 aliphatic rings. The van der Waals surface area contributed by atoms with E-state index in [0.29, 0.717) is 12.1 Å². The van der Waals surface area contributed by atoms with E-state index in [1.807, 2.05) is 10.8 Å². The Hall–Kier alpha value is -4.01. The highest BCUT2D eigenvalue weighted by Crippen LogP contribution is 2.12. The van der Waals surface area contributed by atoms with Gasteiger partial charge in [0.15, 0.2) is 0 Å². The monoisotopic (exact) mass is 383 g/mol. The van der Waals surface area contributed by atoms with Gasteiger partial charge in [0.1, 0.15) is 0 Å². The van der Waals surface area contributed by atoms with Crippen molar-refractivity contribution in [2.45, 2.75) is 13.5 Å². The summed E-state index contributed by atoms with van der Waals surface area (Å²) < 4.78 is 1.90. The maximum atomic E-state index is 10.5. The molecule has 0 spiro atoms. The number of carboxylic acids is 2. The van der Waals surface area contributed by atoms with Crippen molar-refractivity contribution in [3.63, 3.8) is 0 Å². The third-order valence-corrected chi connectivity index (χ3v) is 3.64. The standard InChI is InChI=1S/C10H9N3O2.C9H8O4/c14-13(15)10-3-1-9(2-4-10)7-12-6-5-11-8-12;1-5-2-6(8(10)11)4-7(3-5)9(12)13/h1-6,8H,7H2;2-4H,1H3,(H,10,11)(H,12,13). The number of imidazole rings is 1. The second kappa shape index (κ2) is 9.08. The zero-order valence-corrected chi connectivity index (χ0v) is 14.8. The van der Waals surface area contributed by atoms with E-state index in [1.165, 1.54) is 24.3 Å². The van der Waals surface area contributed by atoms with E-state index in [9.17, 15) is 19.7 Å². The van der Waals surface area contributed by atoms with Crippen molar-refractivity contribution in [3.8, 4) is 0 Å². The SMILES string of the molecule is Cc1cc(C(=O)O)cc(C(=O)O)c1.O=[N+]([O-])c1ccc(Cn2ccnc2)cc1. The molecule has 0 saturated heterocycles. The second-order valence-electron chi connectivity index (χ2n) is 5.86. The molecule has 9 nitrogen and oxygen atoms in total. The predicted octanol–water partition coefficient (Wildman–Crippen LogP) is 3.23. The van der Waals surface area contributed by atoms with Crippen LogP contribution in [0.1, 0.15) is 31.8 Å². The van der Waals surface area contributed by atoms with Gasteiger partial charge in [-0.15, -0.1) is 0 Å². The number of rotatable bonds is 5. The van der Waals surface area contributed by atoms with Gasteiger partial charge in [-0.2, -0.15) is 0 Å². The fourth-order valence-corrected chi connectivity index (χ4v) is 2.34. The lowest BCUT2D eigenvalue weighted by molar-refractivity contribution is -0.384. The van der Waals surface area contributed by atoms with E-state index in [2.05, 4.69) is 4.98 Å². The number of hydrogen-bond acceptors (Lipinski definition) is 5. The van der Waals surface area contributed by atoms with Gasteiger partial charge in [0.05, 0.1) is 22.4 Å². The van der Waals surface area contributed by atoms with Crippen molar-refractivity contribution in [3.05, 3.63) is 93.6 Å². The third-order valence-electron chi connectivity index (χ3n) is 3.64. The first-order valence-corrected chi connectivity index (χ1v) is 8.03. The van der Waals surface area contributed by atoms with Gasteiger partial charge in [0.25, 0.3) is 5.69 Å². The molecule has 0 fully saturated rings. The number of carbonyl (C=O) groups is 2. The van der Waals surface area contributed by atoms with Gasteiger partial charge < -0.3 is 14.8 Å². The number of aryl methyl sites for hydroxylation is 1. The van der Waals surface area contributed by atoms with Crippen LogP contribution in [0, 0.1) is 17.0 Å². The molecule has 0 bridgehead atoms. The average molecular weight is 383 g/mol. The van der Waals surface area contributed by atoms with Gasteiger partial charge >= 0.3 is 11.9 Å². The topological polar surface area (TPSA) is 136 Å². The normalized spacial score (nSPS) is 9.89. The summed E-state index contributed by atoms with van der Waals surface area (Å²) in [5.41, 5.74) is 1.75. The Bertz CT molecular complexity index is 949. The molecule has 0 atom stereocenters. The van der Waals surface area contributed by atoms with E-state index in [4.69, 9.17) is 10.2 Å². The number of carboxylic acid groups (broad SMARTS) is 2. The van der Waals surface area contributed by atoms with Crippen LogP contribution in [0.2, 0.25) is 0 Å². The number of nitro benzene ring substituents is 1. The summed E-state index contributed by atoms with van der Waals surface area (Å²) in [4.78, 5) is 35.0. The number of aromatic nitrogens is 2. The molecule has 28 heavy (non-hydrogen) atoms. The Morgan fingerprint density at radius 3 is 2.07 bits per heavy atom. The van der Waals surface area contributed by atoms with Crippen LogP contribution in [0.3, 0.4) is 0 Å². The molecule has 2 aromatic carbocycles. The Balaban J connectivity index is 0.000000203. The fourth-order valence-electron chi connectivity index (χ4n) is 2.34. The van der Waals surface area contributed by atoms with Crippen LogP contribution < -0.4 is 0 Å². The molecule has 0 saturated carbocycles. The summed E-state index contributed by atoms with van der Waals surface area (Å²) in [5.74, 6) is -2.24. The summed E-state index contributed by atoms with van der Waals surface area (Å²) in [5, 5.41) is 27.7. The van der Waals surface area contributed by atoms with Crippen LogP contribution in [0.15, 0.2) is 61.2 Å². The van der Waals surface area contributed by atoms with Crippen molar-refractivity contribution in [1.82, 2.24) is 9.55 Å². The van der Waals surface area contributed by atoms with Gasteiger partial charge in [-0.05, 0) is 36.2 Å². The Labute approximate surface area is 159 Å². The van der Waals surface area contributed by atoms with Crippen LogP contribution >= 0.6 is 0 Å². The van der Waals surface area contributed by atoms with E-state index in [1.54, 1.807) is 31.6 Å². The molecule has 3 aromatic rings. The van der Waals surface area contributed by atoms with Crippen LogP contribution in [0.25, 0.3) is 0 Å². The van der Waals surface area contributed by atoms with E-state index < -0.39 is 16.9 Å². The van der Waals surface area contributed by atoms with Gasteiger partial charge in [-0.3, -0.25) is 10.1 Å². The smallest absolute Gasteiger partial charge is 0.335 e. The summed E-state index contributed by atoms with van der Waals surface area (Å²) >= 11 is 0. The summed E-state index contributed by atoms with van der Waals surface area (Å²) in [6.07, 6.45) is 5.26. The maximum Gasteiger partial charge on any atom is 0.335 e. The van der Waals surface area contributed by atoms with Gasteiger partial charge in [-0.1, -0.05) is 12.1 Å². The highest BCUT2D eigenvalue weighted by molar-refractivity contribution is 5.94. The highest BCUT2D eigenvalue weighted by Gasteiger charge is 2.09. The fraction of sp³-hybridized carbons (Fsp3) is 0.105. The number of hydrogen-bond donors (Lipinski definition) is 2. The first kappa shape index (κ1) is 20.3. The second-order valence-corrected chi connectivity index (χ2v) is 5.86. The molecule has 0 amide bonds. The average Bonchev–Trinajstić information content (AvgIpc) is 3.15. The number of nitro groups is 1. The highest BCUT2D eigenvalue weighted by atomic mass is 16.6. The Morgan fingerprint density at radius 2 is 1.64 bits per heavy atom. The lowest BCUT2D eigenvalue weighted by atomic mass is 10.1. The Kier molecular flexibility index (Phi) is 6.58. The molecule has 144 valence electrons. The molecule has 2 N–H and O–H groups in total. The maximum absolute atomic E-state index is 10.5. The number of non-ortho nitro benzene ring substituents is 1. The van der Waals surface area contributed by atoms with E-state index in [0.717, 1.165) is 11.6 Å². The number of nitrogens with zero attached hydrogens (tertiary/aromatic N) is 3. The first-order valence-electron chi connectivity index (χ1n) is 8.03. The number of benzene rings is 2. The minimum Gasteiger partial charge on any atom is -0.478 e. The number of aromatic carboxylic acids is 2. The molecule has 1 heterocycles. The van der Waals surface area contributed by atoms with Crippen molar-refractivity contribution in [2.24, 2.45) is 0 Å². The van der Waals surface area contributed by atoms with E-state index in [-0.39, 0.29) is 16.8 Å². The minimum atomic E-state index is -1.12.